The zero-order valence-electron chi connectivity index (χ0n) is 16.9. The zero-order valence-corrected chi connectivity index (χ0v) is 17.9. The Hall–Kier alpha value is -1.89. The topological polar surface area (TPSA) is 9.23 Å². The largest absolute Gasteiger partial charge is 0.573 e. The van der Waals surface area contributed by atoms with Gasteiger partial charge in [-0.1, -0.05) is 43.6 Å². The number of ether oxygens (including phenoxy) is 1. The molecule has 1 fully saturated rings. The Balaban J connectivity index is 1.67. The van der Waals surface area contributed by atoms with Crippen molar-refractivity contribution in [3.05, 3.63) is 53.6 Å². The van der Waals surface area contributed by atoms with Crippen molar-refractivity contribution in [2.24, 2.45) is 5.92 Å². The fraction of sp³-hybridized carbons (Fsp3) is 0.478. The number of hydrogen-bond donors (Lipinski definition) is 0. The molecule has 0 saturated heterocycles. The van der Waals surface area contributed by atoms with Gasteiger partial charge in [0, 0.05) is 15.1 Å². The molecule has 2 aromatic carbocycles. The maximum atomic E-state index is 14.7. The summed E-state index contributed by atoms with van der Waals surface area (Å²) in [6.07, 6.45) is 0.701. The highest BCUT2D eigenvalue weighted by Gasteiger charge is 2.32. The third-order valence-corrected chi connectivity index (χ3v) is 6.90. The molecular formula is C23H25F5OSi. The molecule has 0 spiro atoms. The minimum atomic E-state index is -4.98. The van der Waals surface area contributed by atoms with Crippen molar-refractivity contribution in [1.82, 2.24) is 0 Å². The van der Waals surface area contributed by atoms with Crippen LogP contribution in [0.1, 0.15) is 50.5 Å². The molecule has 30 heavy (non-hydrogen) atoms. The average molecular weight is 441 g/mol. The normalized spacial score (nSPS) is 19.7. The first-order valence-corrected chi connectivity index (χ1v) is 11.7. The van der Waals surface area contributed by atoms with Crippen LogP contribution in [0.5, 0.6) is 5.75 Å². The quantitative estimate of drug-likeness (QED) is 0.243. The van der Waals surface area contributed by atoms with Crippen LogP contribution in [0, 0.1) is 17.6 Å². The number of alkyl halides is 3. The van der Waals surface area contributed by atoms with Gasteiger partial charge in [0.05, 0.1) is 0 Å². The van der Waals surface area contributed by atoms with Crippen molar-refractivity contribution >= 4 is 9.52 Å². The molecule has 1 aliphatic rings. The first kappa shape index (κ1) is 22.8. The van der Waals surface area contributed by atoms with Crippen molar-refractivity contribution < 1.29 is 26.7 Å². The molecule has 0 bridgehead atoms. The molecule has 0 N–H and O–H groups in total. The summed E-state index contributed by atoms with van der Waals surface area (Å²) in [6, 6.07) is 10.4. The molecule has 3 rings (SSSR count). The molecule has 2 radical (unpaired) electrons. The Kier molecular flexibility index (Phi) is 7.55. The van der Waals surface area contributed by atoms with Gasteiger partial charge in [-0.3, -0.25) is 0 Å². The Morgan fingerprint density at radius 2 is 1.70 bits per heavy atom. The van der Waals surface area contributed by atoms with Crippen LogP contribution in [0.2, 0.25) is 12.1 Å². The standard InChI is InChI=1S/C23H25F5OSi/c1-2-30-12-11-15-3-5-16(6-4-15)17-7-9-19(20(24)13-17)18-8-10-22(21(25)14-18)29-23(26,27)28/h7-10,13-16H,2-6,11-12H2,1H3. The van der Waals surface area contributed by atoms with E-state index in [1.165, 1.54) is 30.6 Å². The second kappa shape index (κ2) is 9.94. The Labute approximate surface area is 176 Å². The SMILES string of the molecule is CC[Si]CCC1CCC(c2ccc(-c3ccc(OC(F)(F)F)c(F)c3)c(F)c2)CC1. The lowest BCUT2D eigenvalue weighted by Crippen LogP contribution is -2.17. The molecule has 0 aliphatic heterocycles. The summed E-state index contributed by atoms with van der Waals surface area (Å²) in [7, 11) is 1.04. The van der Waals surface area contributed by atoms with Crippen molar-refractivity contribution in [1.29, 1.82) is 0 Å². The van der Waals surface area contributed by atoms with Gasteiger partial charge in [-0.15, -0.1) is 13.2 Å². The highest BCUT2D eigenvalue weighted by Crippen LogP contribution is 2.39. The van der Waals surface area contributed by atoms with Crippen LogP contribution in [0.25, 0.3) is 11.1 Å². The van der Waals surface area contributed by atoms with Crippen LogP contribution in [-0.2, 0) is 0 Å². The molecule has 0 amide bonds. The maximum absolute atomic E-state index is 14.7. The lowest BCUT2D eigenvalue weighted by atomic mass is 9.77. The first-order chi connectivity index (χ1) is 14.3. The van der Waals surface area contributed by atoms with Crippen LogP contribution in [0.4, 0.5) is 22.0 Å². The summed E-state index contributed by atoms with van der Waals surface area (Å²) in [5.74, 6) is -1.53. The number of halogens is 5. The molecule has 1 aliphatic carbocycles. The van der Waals surface area contributed by atoms with E-state index in [1.807, 2.05) is 6.07 Å². The van der Waals surface area contributed by atoms with Gasteiger partial charge in [-0.05, 0) is 66.8 Å². The maximum Gasteiger partial charge on any atom is 0.573 e. The Morgan fingerprint density at radius 3 is 2.30 bits per heavy atom. The second-order valence-corrected chi connectivity index (χ2v) is 9.50. The lowest BCUT2D eigenvalue weighted by Gasteiger charge is -2.29. The van der Waals surface area contributed by atoms with Crippen LogP contribution in [0.3, 0.4) is 0 Å². The van der Waals surface area contributed by atoms with Crippen molar-refractivity contribution in [2.75, 3.05) is 0 Å². The summed E-state index contributed by atoms with van der Waals surface area (Å²) >= 11 is 0. The molecule has 0 unspecified atom stereocenters. The molecule has 0 aromatic heterocycles. The summed E-state index contributed by atoms with van der Waals surface area (Å²) < 4.78 is 69.2. The molecule has 1 saturated carbocycles. The van der Waals surface area contributed by atoms with Gasteiger partial charge in [-0.2, -0.15) is 0 Å². The predicted molar refractivity (Wildman–Crippen MR) is 109 cm³/mol. The number of rotatable bonds is 7. The van der Waals surface area contributed by atoms with Gasteiger partial charge in [-0.25, -0.2) is 8.78 Å². The van der Waals surface area contributed by atoms with Crippen molar-refractivity contribution in [3.8, 4) is 16.9 Å². The van der Waals surface area contributed by atoms with Gasteiger partial charge in [0.1, 0.15) is 5.82 Å². The van der Waals surface area contributed by atoms with E-state index in [4.69, 9.17) is 0 Å². The summed E-state index contributed by atoms with van der Waals surface area (Å²) in [4.78, 5) is 0. The number of benzene rings is 2. The van der Waals surface area contributed by atoms with E-state index in [9.17, 15) is 22.0 Å². The Bertz CT molecular complexity index is 844. The predicted octanol–water partition coefficient (Wildman–Crippen LogP) is 7.76. The molecule has 2 aromatic rings. The first-order valence-electron chi connectivity index (χ1n) is 10.3. The minimum absolute atomic E-state index is 0.158. The summed E-state index contributed by atoms with van der Waals surface area (Å²) in [5.41, 5.74) is 1.26. The van der Waals surface area contributed by atoms with Gasteiger partial charge in [0.2, 0.25) is 0 Å². The van der Waals surface area contributed by atoms with Gasteiger partial charge < -0.3 is 4.74 Å². The molecule has 162 valence electrons. The molecule has 0 atom stereocenters. The van der Waals surface area contributed by atoms with Gasteiger partial charge in [0.25, 0.3) is 0 Å². The van der Waals surface area contributed by atoms with E-state index in [0.29, 0.717) is 5.92 Å². The van der Waals surface area contributed by atoms with Crippen molar-refractivity contribution in [2.45, 2.75) is 63.4 Å². The third-order valence-electron chi connectivity index (χ3n) is 5.76. The smallest absolute Gasteiger partial charge is 0.403 e. The molecule has 1 nitrogen and oxygen atoms in total. The Morgan fingerprint density at radius 1 is 0.967 bits per heavy atom. The zero-order chi connectivity index (χ0) is 21.7. The van der Waals surface area contributed by atoms with Gasteiger partial charge >= 0.3 is 6.36 Å². The lowest BCUT2D eigenvalue weighted by molar-refractivity contribution is -0.275. The van der Waals surface area contributed by atoms with E-state index >= 15 is 0 Å². The van der Waals surface area contributed by atoms with E-state index < -0.39 is 23.7 Å². The van der Waals surface area contributed by atoms with Crippen LogP contribution >= 0.6 is 0 Å². The van der Waals surface area contributed by atoms with Crippen LogP contribution in [0.15, 0.2) is 36.4 Å². The third kappa shape index (κ3) is 6.06. The monoisotopic (exact) mass is 440 g/mol. The second-order valence-electron chi connectivity index (χ2n) is 7.79. The highest BCUT2D eigenvalue weighted by molar-refractivity contribution is 6.35. The van der Waals surface area contributed by atoms with Crippen LogP contribution in [-0.4, -0.2) is 15.9 Å². The summed E-state index contributed by atoms with van der Waals surface area (Å²) in [6.45, 7) is 2.21. The fourth-order valence-electron chi connectivity index (χ4n) is 4.16. The van der Waals surface area contributed by atoms with E-state index in [1.54, 1.807) is 6.07 Å². The molecule has 0 heterocycles. The summed E-state index contributed by atoms with van der Waals surface area (Å²) in [5, 5.41) is 0. The van der Waals surface area contributed by atoms with E-state index in [-0.39, 0.29) is 11.1 Å². The van der Waals surface area contributed by atoms with E-state index in [0.717, 1.165) is 58.8 Å². The fourth-order valence-corrected chi connectivity index (χ4v) is 5.13. The van der Waals surface area contributed by atoms with Crippen LogP contribution < -0.4 is 4.74 Å². The van der Waals surface area contributed by atoms with E-state index in [2.05, 4.69) is 11.7 Å². The van der Waals surface area contributed by atoms with Gasteiger partial charge in [0.15, 0.2) is 11.6 Å². The minimum Gasteiger partial charge on any atom is -0.403 e. The number of hydrogen-bond acceptors (Lipinski definition) is 1. The molecular weight excluding hydrogens is 415 g/mol. The van der Waals surface area contributed by atoms with Crippen molar-refractivity contribution in [3.63, 3.8) is 0 Å². The average Bonchev–Trinajstić information content (AvgIpc) is 2.69. The highest BCUT2D eigenvalue weighted by atomic mass is 28.2. The molecule has 7 heteroatoms.